The number of nitrogens with two attached hydrogens (primary N) is 2. The summed E-state index contributed by atoms with van der Waals surface area (Å²) in [7, 11) is -8.95. The maximum Gasteiger partial charge on any atom is 0.240 e. The second kappa shape index (κ2) is 6.49. The molecule has 27 heavy (non-hydrogen) atoms. The van der Waals surface area contributed by atoms with E-state index in [9.17, 15) is 16.8 Å². The van der Waals surface area contributed by atoms with Crippen molar-refractivity contribution in [2.24, 2.45) is 10.3 Å². The standard InChI is InChI=1S/C15H16N6O4S2/c1-8-9(2)13(26(16,22)23)14(27(17,24)25)12(15-18-20-21-19-15)11(8)10-6-4-3-5-7-10/h3-7H,1-2H3,(H2,16,22,23)(H2,17,24,25)(H,18,19,20,21). The Morgan fingerprint density at radius 2 is 1.44 bits per heavy atom. The Kier molecular flexibility index (Phi) is 4.59. The Morgan fingerprint density at radius 3 is 1.93 bits per heavy atom. The third-order valence-corrected chi connectivity index (χ3v) is 6.35. The number of tetrazole rings is 1. The van der Waals surface area contributed by atoms with Gasteiger partial charge in [0.15, 0.2) is 0 Å². The van der Waals surface area contributed by atoms with E-state index in [1.165, 1.54) is 6.92 Å². The minimum Gasteiger partial charge on any atom is -0.225 e. The van der Waals surface area contributed by atoms with Gasteiger partial charge in [-0.1, -0.05) is 30.3 Å². The molecule has 1 heterocycles. The fourth-order valence-corrected chi connectivity index (χ4v) is 5.53. The van der Waals surface area contributed by atoms with E-state index in [-0.39, 0.29) is 17.0 Å². The normalized spacial score (nSPS) is 12.3. The van der Waals surface area contributed by atoms with E-state index in [2.05, 4.69) is 20.6 Å². The first-order valence-corrected chi connectivity index (χ1v) is 10.6. The van der Waals surface area contributed by atoms with Crippen molar-refractivity contribution in [3.63, 3.8) is 0 Å². The zero-order valence-electron chi connectivity index (χ0n) is 14.3. The molecule has 10 nitrogen and oxygen atoms in total. The molecule has 0 fully saturated rings. The zero-order chi connectivity index (χ0) is 20.0. The molecule has 0 atom stereocenters. The van der Waals surface area contributed by atoms with E-state index in [0.29, 0.717) is 16.7 Å². The molecule has 0 unspecified atom stereocenters. The molecule has 142 valence electrons. The van der Waals surface area contributed by atoms with Gasteiger partial charge in [0.1, 0.15) is 9.79 Å². The van der Waals surface area contributed by atoms with Gasteiger partial charge in [-0.25, -0.2) is 27.1 Å². The van der Waals surface area contributed by atoms with Gasteiger partial charge in [0.25, 0.3) is 0 Å². The van der Waals surface area contributed by atoms with E-state index in [1.807, 2.05) is 0 Å². The Bertz CT molecular complexity index is 1220. The fourth-order valence-electron chi connectivity index (χ4n) is 3.00. The molecule has 0 aliphatic rings. The number of nitrogens with zero attached hydrogens (tertiary/aromatic N) is 3. The molecule has 3 rings (SSSR count). The first-order valence-electron chi connectivity index (χ1n) is 7.55. The van der Waals surface area contributed by atoms with Gasteiger partial charge in [0.2, 0.25) is 25.9 Å². The van der Waals surface area contributed by atoms with E-state index in [0.717, 1.165) is 0 Å². The van der Waals surface area contributed by atoms with Crippen molar-refractivity contribution in [1.82, 2.24) is 20.6 Å². The van der Waals surface area contributed by atoms with Crippen molar-refractivity contribution in [2.45, 2.75) is 23.6 Å². The highest BCUT2D eigenvalue weighted by Gasteiger charge is 2.34. The molecule has 5 N–H and O–H groups in total. The van der Waals surface area contributed by atoms with Gasteiger partial charge in [0.05, 0.1) is 5.56 Å². The monoisotopic (exact) mass is 408 g/mol. The molecule has 0 amide bonds. The molecular weight excluding hydrogens is 392 g/mol. The van der Waals surface area contributed by atoms with Crippen molar-refractivity contribution in [3.05, 3.63) is 41.5 Å². The van der Waals surface area contributed by atoms with Crippen LogP contribution < -0.4 is 10.3 Å². The maximum absolute atomic E-state index is 12.4. The average molecular weight is 408 g/mol. The second-order valence-electron chi connectivity index (χ2n) is 5.85. The van der Waals surface area contributed by atoms with Crippen LogP contribution in [0.2, 0.25) is 0 Å². The largest absolute Gasteiger partial charge is 0.240 e. The zero-order valence-corrected chi connectivity index (χ0v) is 16.0. The van der Waals surface area contributed by atoms with E-state index in [1.54, 1.807) is 37.3 Å². The van der Waals surface area contributed by atoms with Crippen molar-refractivity contribution < 1.29 is 16.8 Å². The number of hydrogen-bond acceptors (Lipinski definition) is 7. The van der Waals surface area contributed by atoms with Crippen LogP contribution in [-0.4, -0.2) is 37.5 Å². The van der Waals surface area contributed by atoms with Gasteiger partial charge < -0.3 is 0 Å². The summed E-state index contributed by atoms with van der Waals surface area (Å²) in [5, 5.41) is 24.1. The summed E-state index contributed by atoms with van der Waals surface area (Å²) in [5.41, 5.74) is 1.64. The minimum atomic E-state index is -4.52. The number of H-pyrrole nitrogens is 1. The average Bonchev–Trinajstić information content (AvgIpc) is 3.09. The Morgan fingerprint density at radius 1 is 0.852 bits per heavy atom. The van der Waals surface area contributed by atoms with Crippen molar-refractivity contribution in [1.29, 1.82) is 0 Å². The van der Waals surface area contributed by atoms with Crippen LogP contribution in [0.3, 0.4) is 0 Å². The number of rotatable bonds is 4. The molecular formula is C15H16N6O4S2. The fraction of sp³-hybridized carbons (Fsp3) is 0.133. The number of primary sulfonamides is 2. The molecule has 0 aliphatic heterocycles. The van der Waals surface area contributed by atoms with Gasteiger partial charge >= 0.3 is 0 Å². The van der Waals surface area contributed by atoms with Gasteiger partial charge in [-0.15, -0.1) is 10.2 Å². The van der Waals surface area contributed by atoms with Crippen LogP contribution in [0.25, 0.3) is 22.5 Å². The number of benzene rings is 2. The van der Waals surface area contributed by atoms with Crippen LogP contribution in [0.15, 0.2) is 40.1 Å². The van der Waals surface area contributed by atoms with Crippen LogP contribution in [0.4, 0.5) is 0 Å². The minimum absolute atomic E-state index is 0.0791. The van der Waals surface area contributed by atoms with Crippen molar-refractivity contribution in [2.75, 3.05) is 0 Å². The SMILES string of the molecule is Cc1c(C)c(S(N)(=O)=O)c(S(N)(=O)=O)c(-c2nn[nH]n2)c1-c1ccccc1. The van der Waals surface area contributed by atoms with Crippen LogP contribution >= 0.6 is 0 Å². The van der Waals surface area contributed by atoms with Crippen LogP contribution in [0.1, 0.15) is 11.1 Å². The predicted molar refractivity (Wildman–Crippen MR) is 97.3 cm³/mol. The maximum atomic E-state index is 12.4. The van der Waals surface area contributed by atoms with Gasteiger partial charge in [0, 0.05) is 0 Å². The summed E-state index contributed by atoms with van der Waals surface area (Å²) in [4.78, 5) is -1.24. The molecule has 0 saturated heterocycles. The Hall–Kier alpha value is -2.67. The van der Waals surface area contributed by atoms with E-state index < -0.39 is 29.8 Å². The molecule has 0 aliphatic carbocycles. The first kappa shape index (κ1) is 19.1. The summed E-state index contributed by atoms with van der Waals surface area (Å²) in [6.07, 6.45) is 0. The third kappa shape index (κ3) is 3.35. The lowest BCUT2D eigenvalue weighted by molar-refractivity contribution is 0.583. The number of nitrogens with one attached hydrogen (secondary N) is 1. The highest BCUT2D eigenvalue weighted by atomic mass is 32.2. The molecule has 3 aromatic rings. The summed E-state index contributed by atoms with van der Waals surface area (Å²) >= 11 is 0. The molecule has 1 aromatic heterocycles. The Balaban J connectivity index is 2.68. The lowest BCUT2D eigenvalue weighted by atomic mass is 9.91. The lowest BCUT2D eigenvalue weighted by Crippen LogP contribution is -2.24. The molecule has 12 heteroatoms. The quantitative estimate of drug-likeness (QED) is 0.561. The highest BCUT2D eigenvalue weighted by Crippen LogP contribution is 2.42. The van der Waals surface area contributed by atoms with Crippen LogP contribution in [0.5, 0.6) is 0 Å². The van der Waals surface area contributed by atoms with Gasteiger partial charge in [-0.2, -0.15) is 5.21 Å². The number of aromatic amines is 1. The molecule has 0 spiro atoms. The predicted octanol–water partition coefficient (Wildman–Crippen LogP) is 0.445. The topological polar surface area (TPSA) is 175 Å². The molecule has 0 bridgehead atoms. The summed E-state index contributed by atoms with van der Waals surface area (Å²) in [5.74, 6) is -0.120. The Labute approximate surface area is 155 Å². The number of aromatic nitrogens is 4. The first-order chi connectivity index (χ1) is 12.5. The summed E-state index contributed by atoms with van der Waals surface area (Å²) in [6.45, 7) is 3.12. The number of sulfonamides is 2. The smallest absolute Gasteiger partial charge is 0.225 e. The van der Waals surface area contributed by atoms with Crippen molar-refractivity contribution in [3.8, 4) is 22.5 Å². The van der Waals surface area contributed by atoms with E-state index >= 15 is 0 Å². The lowest BCUT2D eigenvalue weighted by Gasteiger charge is -2.20. The number of hydrogen-bond donors (Lipinski definition) is 3. The third-order valence-electron chi connectivity index (χ3n) is 4.16. The second-order valence-corrected chi connectivity index (χ2v) is 8.85. The molecule has 0 saturated carbocycles. The summed E-state index contributed by atoms with van der Waals surface area (Å²) < 4.78 is 49.3. The summed E-state index contributed by atoms with van der Waals surface area (Å²) in [6, 6.07) is 8.80. The molecule has 0 radical (unpaired) electrons. The van der Waals surface area contributed by atoms with Crippen LogP contribution in [-0.2, 0) is 20.0 Å². The van der Waals surface area contributed by atoms with Crippen molar-refractivity contribution >= 4 is 20.0 Å². The van der Waals surface area contributed by atoms with Gasteiger partial charge in [-0.3, -0.25) is 0 Å². The highest BCUT2D eigenvalue weighted by molar-refractivity contribution is 7.92. The van der Waals surface area contributed by atoms with E-state index in [4.69, 9.17) is 10.3 Å². The van der Waals surface area contributed by atoms with Crippen LogP contribution in [0, 0.1) is 13.8 Å². The molecule has 2 aromatic carbocycles. The van der Waals surface area contributed by atoms with Gasteiger partial charge in [-0.05, 0) is 41.3 Å².